The van der Waals surface area contributed by atoms with Gasteiger partial charge < -0.3 is 10.4 Å². The Balaban J connectivity index is 2.59. The molecule has 0 radical (unpaired) electrons. The highest BCUT2D eigenvalue weighted by atomic mass is 16.4. The zero-order valence-electron chi connectivity index (χ0n) is 8.24. The van der Waals surface area contributed by atoms with Crippen LogP contribution in [-0.4, -0.2) is 27.6 Å². The third-order valence-corrected chi connectivity index (χ3v) is 1.97. The number of hydrogen-bond donors (Lipinski definition) is 2. The van der Waals surface area contributed by atoms with Gasteiger partial charge >= 0.3 is 5.97 Å². The first-order valence-electron chi connectivity index (χ1n) is 4.35. The Hall–Kier alpha value is -1.65. The van der Waals surface area contributed by atoms with Gasteiger partial charge in [-0.25, -0.2) is 9.97 Å². The number of anilines is 1. The molecule has 5 heteroatoms. The van der Waals surface area contributed by atoms with E-state index in [4.69, 9.17) is 5.11 Å². The minimum atomic E-state index is -0.819. The number of aryl methyl sites for hydroxylation is 1. The van der Waals surface area contributed by atoms with Crippen LogP contribution in [0.4, 0.5) is 5.82 Å². The molecule has 1 aromatic heterocycles. The van der Waals surface area contributed by atoms with Gasteiger partial charge in [-0.15, -0.1) is 0 Å². The van der Waals surface area contributed by atoms with Gasteiger partial charge in [-0.1, -0.05) is 0 Å². The molecule has 0 aliphatic rings. The summed E-state index contributed by atoms with van der Waals surface area (Å²) in [5, 5.41) is 11.4. The lowest BCUT2D eigenvalue weighted by molar-refractivity contribution is -0.136. The van der Waals surface area contributed by atoms with E-state index in [1.807, 2.05) is 13.8 Å². The molecule has 76 valence electrons. The van der Waals surface area contributed by atoms with Gasteiger partial charge in [0.25, 0.3) is 0 Å². The van der Waals surface area contributed by atoms with Gasteiger partial charge in [0.2, 0.25) is 0 Å². The number of aliphatic carboxylic acids is 1. The van der Waals surface area contributed by atoms with Gasteiger partial charge in [0, 0.05) is 17.8 Å². The first kappa shape index (κ1) is 10.4. The maximum absolute atomic E-state index is 10.3. The van der Waals surface area contributed by atoms with Gasteiger partial charge in [-0.3, -0.25) is 4.79 Å². The summed E-state index contributed by atoms with van der Waals surface area (Å²) < 4.78 is 0. The second kappa shape index (κ2) is 4.55. The van der Waals surface area contributed by atoms with E-state index < -0.39 is 5.97 Å². The molecule has 1 rings (SSSR count). The van der Waals surface area contributed by atoms with Gasteiger partial charge in [-0.05, 0) is 13.8 Å². The molecule has 0 bridgehead atoms. The van der Waals surface area contributed by atoms with Crippen molar-refractivity contribution in [1.29, 1.82) is 0 Å². The monoisotopic (exact) mass is 195 g/mol. The van der Waals surface area contributed by atoms with Crippen LogP contribution < -0.4 is 5.32 Å². The summed E-state index contributed by atoms with van der Waals surface area (Å²) in [6.07, 6.45) is 1.55. The number of carboxylic acids is 1. The van der Waals surface area contributed by atoms with E-state index in [-0.39, 0.29) is 6.42 Å². The molecule has 5 nitrogen and oxygen atoms in total. The molecule has 0 saturated carbocycles. The van der Waals surface area contributed by atoms with Crippen molar-refractivity contribution in [3.63, 3.8) is 0 Å². The van der Waals surface area contributed by atoms with Crippen LogP contribution in [0.2, 0.25) is 0 Å². The van der Waals surface area contributed by atoms with Crippen LogP contribution in [0.25, 0.3) is 0 Å². The zero-order valence-corrected chi connectivity index (χ0v) is 8.24. The van der Waals surface area contributed by atoms with Gasteiger partial charge in [0.1, 0.15) is 12.1 Å². The zero-order chi connectivity index (χ0) is 10.6. The van der Waals surface area contributed by atoms with E-state index in [0.717, 1.165) is 11.3 Å². The summed E-state index contributed by atoms with van der Waals surface area (Å²) in [6, 6.07) is 0. The molecule has 0 aliphatic heterocycles. The summed E-state index contributed by atoms with van der Waals surface area (Å²) in [4.78, 5) is 18.3. The Morgan fingerprint density at radius 3 is 2.86 bits per heavy atom. The predicted molar refractivity (Wildman–Crippen MR) is 52.2 cm³/mol. The molecule has 0 saturated heterocycles. The quantitative estimate of drug-likeness (QED) is 0.749. The van der Waals surface area contributed by atoms with E-state index in [2.05, 4.69) is 15.3 Å². The lowest BCUT2D eigenvalue weighted by atomic mass is 10.2. The maximum atomic E-state index is 10.3. The van der Waals surface area contributed by atoms with Crippen LogP contribution in [-0.2, 0) is 4.79 Å². The number of rotatable bonds is 4. The predicted octanol–water partition coefficient (Wildman–Crippen LogP) is 0.980. The van der Waals surface area contributed by atoms with Crippen LogP contribution in [0.5, 0.6) is 0 Å². The van der Waals surface area contributed by atoms with Gasteiger partial charge in [0.05, 0.1) is 6.42 Å². The second-order valence-corrected chi connectivity index (χ2v) is 3.00. The first-order chi connectivity index (χ1) is 6.61. The van der Waals surface area contributed by atoms with Gasteiger partial charge in [0.15, 0.2) is 0 Å². The lowest BCUT2D eigenvalue weighted by Gasteiger charge is -2.07. The molecular weight excluding hydrogens is 182 g/mol. The van der Waals surface area contributed by atoms with Crippen molar-refractivity contribution >= 4 is 11.8 Å². The number of carbonyl (C=O) groups is 1. The normalized spacial score (nSPS) is 9.86. The Kier molecular flexibility index (Phi) is 3.39. The summed E-state index contributed by atoms with van der Waals surface area (Å²) in [5.74, 6) is -0.111. The molecule has 2 N–H and O–H groups in total. The second-order valence-electron chi connectivity index (χ2n) is 3.00. The third kappa shape index (κ3) is 2.69. The molecule has 0 unspecified atom stereocenters. The smallest absolute Gasteiger partial charge is 0.305 e. The van der Waals surface area contributed by atoms with Crippen LogP contribution in [0, 0.1) is 13.8 Å². The van der Waals surface area contributed by atoms with Crippen molar-refractivity contribution in [3.8, 4) is 0 Å². The summed E-state index contributed by atoms with van der Waals surface area (Å²) in [5.41, 5.74) is 1.86. The Morgan fingerprint density at radius 1 is 1.50 bits per heavy atom. The number of nitrogens with one attached hydrogen (secondary N) is 1. The van der Waals surface area contributed by atoms with Crippen molar-refractivity contribution in [3.05, 3.63) is 17.6 Å². The minimum Gasteiger partial charge on any atom is -0.481 e. The molecule has 14 heavy (non-hydrogen) atoms. The highest BCUT2D eigenvalue weighted by Gasteiger charge is 2.03. The Morgan fingerprint density at radius 2 is 2.21 bits per heavy atom. The fourth-order valence-corrected chi connectivity index (χ4v) is 1.00. The number of nitrogens with zero attached hydrogens (tertiary/aromatic N) is 2. The summed E-state index contributed by atoms with van der Waals surface area (Å²) in [7, 11) is 0. The standard InChI is InChI=1S/C9H13N3O2/c1-6-7(2)11-5-12-9(6)10-4-3-8(13)14/h5H,3-4H2,1-2H3,(H,13,14)(H,10,11,12). The Labute approximate surface area is 82.2 Å². The molecule has 0 aromatic carbocycles. The molecule has 0 fully saturated rings. The lowest BCUT2D eigenvalue weighted by Crippen LogP contribution is -2.10. The Bertz CT molecular complexity index is 339. The fourth-order valence-electron chi connectivity index (χ4n) is 1.00. The highest BCUT2D eigenvalue weighted by molar-refractivity contribution is 5.67. The molecule has 0 spiro atoms. The molecule has 0 aliphatic carbocycles. The van der Waals surface area contributed by atoms with E-state index in [1.54, 1.807) is 0 Å². The van der Waals surface area contributed by atoms with Crippen molar-refractivity contribution in [2.45, 2.75) is 20.3 Å². The number of aromatic nitrogens is 2. The van der Waals surface area contributed by atoms with Crippen LogP contribution in [0.1, 0.15) is 17.7 Å². The van der Waals surface area contributed by atoms with Crippen LogP contribution in [0.15, 0.2) is 6.33 Å². The largest absolute Gasteiger partial charge is 0.481 e. The maximum Gasteiger partial charge on any atom is 0.305 e. The first-order valence-corrected chi connectivity index (χ1v) is 4.35. The average Bonchev–Trinajstić information content (AvgIpc) is 2.12. The van der Waals surface area contributed by atoms with E-state index >= 15 is 0 Å². The summed E-state index contributed by atoms with van der Waals surface area (Å²) in [6.45, 7) is 4.17. The van der Waals surface area contributed by atoms with Crippen LogP contribution in [0.3, 0.4) is 0 Å². The van der Waals surface area contributed by atoms with Crippen molar-refractivity contribution in [1.82, 2.24) is 9.97 Å². The molecule has 0 amide bonds. The van der Waals surface area contributed by atoms with Crippen molar-refractivity contribution in [2.75, 3.05) is 11.9 Å². The molecule has 0 atom stereocenters. The van der Waals surface area contributed by atoms with Crippen molar-refractivity contribution < 1.29 is 9.90 Å². The van der Waals surface area contributed by atoms with Gasteiger partial charge in [-0.2, -0.15) is 0 Å². The summed E-state index contributed by atoms with van der Waals surface area (Å²) >= 11 is 0. The number of hydrogen-bond acceptors (Lipinski definition) is 4. The highest BCUT2D eigenvalue weighted by Crippen LogP contribution is 2.11. The number of carboxylic acid groups (broad SMARTS) is 1. The van der Waals surface area contributed by atoms with E-state index in [1.165, 1.54) is 6.33 Å². The minimum absolute atomic E-state index is 0.0858. The van der Waals surface area contributed by atoms with E-state index in [9.17, 15) is 4.79 Å². The topological polar surface area (TPSA) is 75.1 Å². The van der Waals surface area contributed by atoms with Crippen molar-refractivity contribution in [2.24, 2.45) is 0 Å². The molecule has 1 heterocycles. The van der Waals surface area contributed by atoms with E-state index in [0.29, 0.717) is 12.4 Å². The molecule has 1 aromatic rings. The SMILES string of the molecule is Cc1ncnc(NCCC(=O)O)c1C. The molecular formula is C9H13N3O2. The third-order valence-electron chi connectivity index (χ3n) is 1.97. The average molecular weight is 195 g/mol. The fraction of sp³-hybridized carbons (Fsp3) is 0.444. The van der Waals surface area contributed by atoms with Crippen LogP contribution >= 0.6 is 0 Å².